The van der Waals surface area contributed by atoms with Crippen LogP contribution in [-0.4, -0.2) is 24.9 Å². The molecule has 6 nitrogen and oxygen atoms in total. The zero-order chi connectivity index (χ0) is 22.1. The number of nitrogens with one attached hydrogen (secondary N) is 3. The van der Waals surface area contributed by atoms with E-state index in [1.807, 2.05) is 67.6 Å². The van der Waals surface area contributed by atoms with Crippen LogP contribution in [0.4, 0.5) is 11.4 Å². The number of amides is 2. The Bertz CT molecular complexity index is 1140. The maximum atomic E-state index is 13.1. The van der Waals surface area contributed by atoms with Crippen LogP contribution in [0.5, 0.6) is 0 Å². The van der Waals surface area contributed by atoms with Crippen molar-refractivity contribution >= 4 is 23.2 Å². The van der Waals surface area contributed by atoms with E-state index >= 15 is 0 Å². The topological polar surface area (TPSA) is 73.5 Å². The monoisotopic (exact) mass is 426 g/mol. The van der Waals surface area contributed by atoms with Crippen molar-refractivity contribution in [3.8, 4) is 0 Å². The molecule has 1 saturated heterocycles. The van der Waals surface area contributed by atoms with Gasteiger partial charge in [-0.15, -0.1) is 0 Å². The first-order valence-electron chi connectivity index (χ1n) is 11.0. The molecule has 0 bridgehead atoms. The van der Waals surface area contributed by atoms with Crippen molar-refractivity contribution in [2.45, 2.75) is 19.4 Å². The lowest BCUT2D eigenvalue weighted by molar-refractivity contribution is -0.120. The number of nitrogens with zero attached hydrogens (tertiary/aromatic N) is 1. The fraction of sp³-hybridized carbons (Fsp3) is 0.231. The van der Waals surface area contributed by atoms with E-state index in [1.54, 1.807) is 5.01 Å². The predicted octanol–water partition coefficient (Wildman–Crippen LogP) is 3.60. The van der Waals surface area contributed by atoms with Gasteiger partial charge in [0.05, 0.1) is 17.6 Å². The smallest absolute Gasteiger partial charge is 0.251 e. The summed E-state index contributed by atoms with van der Waals surface area (Å²) in [6, 6.07) is 23.5. The van der Waals surface area contributed by atoms with Crippen molar-refractivity contribution in [3.63, 3.8) is 0 Å². The van der Waals surface area contributed by atoms with Gasteiger partial charge in [0.25, 0.3) is 5.91 Å². The molecule has 2 aliphatic heterocycles. The second-order valence-electron chi connectivity index (χ2n) is 8.40. The van der Waals surface area contributed by atoms with Gasteiger partial charge < -0.3 is 10.6 Å². The van der Waals surface area contributed by atoms with Gasteiger partial charge >= 0.3 is 0 Å². The molecule has 2 unspecified atom stereocenters. The summed E-state index contributed by atoms with van der Waals surface area (Å²) in [5.74, 6) is -0.291. The summed E-state index contributed by atoms with van der Waals surface area (Å²) < 4.78 is 0. The lowest BCUT2D eigenvalue weighted by Crippen LogP contribution is -2.35. The summed E-state index contributed by atoms with van der Waals surface area (Å²) in [6.07, 6.45) is 0.783. The van der Waals surface area contributed by atoms with E-state index in [0.717, 1.165) is 28.9 Å². The molecule has 0 spiro atoms. The average Bonchev–Trinajstić information content (AvgIpc) is 3.17. The third kappa shape index (κ3) is 3.85. The van der Waals surface area contributed by atoms with E-state index in [0.29, 0.717) is 18.7 Å². The number of anilines is 2. The van der Waals surface area contributed by atoms with Crippen molar-refractivity contribution in [1.82, 2.24) is 10.7 Å². The van der Waals surface area contributed by atoms with Crippen molar-refractivity contribution in [2.75, 3.05) is 23.4 Å². The normalized spacial score (nSPS) is 19.2. The summed E-state index contributed by atoms with van der Waals surface area (Å²) in [5, 5.41) is 8.00. The highest BCUT2D eigenvalue weighted by molar-refractivity contribution is 5.99. The van der Waals surface area contributed by atoms with Gasteiger partial charge in [-0.2, -0.15) is 0 Å². The van der Waals surface area contributed by atoms with Gasteiger partial charge in [0, 0.05) is 24.3 Å². The fourth-order valence-electron chi connectivity index (χ4n) is 4.40. The van der Waals surface area contributed by atoms with E-state index in [1.165, 1.54) is 5.56 Å². The van der Waals surface area contributed by atoms with Gasteiger partial charge in [-0.05, 0) is 54.8 Å². The van der Waals surface area contributed by atoms with Gasteiger partial charge in [0.1, 0.15) is 0 Å². The van der Waals surface area contributed by atoms with Crippen molar-refractivity contribution in [1.29, 1.82) is 0 Å². The zero-order valence-electron chi connectivity index (χ0n) is 18.0. The number of aryl methyl sites for hydroxylation is 1. The summed E-state index contributed by atoms with van der Waals surface area (Å²) in [4.78, 5) is 25.8. The molecule has 1 fully saturated rings. The molecule has 2 heterocycles. The van der Waals surface area contributed by atoms with E-state index in [-0.39, 0.29) is 23.8 Å². The Morgan fingerprint density at radius 3 is 2.62 bits per heavy atom. The predicted molar refractivity (Wildman–Crippen MR) is 125 cm³/mol. The van der Waals surface area contributed by atoms with Crippen LogP contribution in [0.3, 0.4) is 0 Å². The molecule has 0 aliphatic carbocycles. The summed E-state index contributed by atoms with van der Waals surface area (Å²) >= 11 is 0. The standard InChI is InChI=1S/C26H26N4O2/c1-17-7-10-20(11-8-17)30-26(32)22-16-28-23-12-9-19(15-21(23)24(22)29-30)25(31)27-14-13-18-5-3-2-4-6-18/h2-12,15,22,24,28-29H,13-14,16H2,1H3,(H,27,31). The summed E-state index contributed by atoms with van der Waals surface area (Å²) in [6.45, 7) is 3.16. The van der Waals surface area contributed by atoms with Crippen molar-refractivity contribution < 1.29 is 9.59 Å². The summed E-state index contributed by atoms with van der Waals surface area (Å²) in [5.41, 5.74) is 9.04. The van der Waals surface area contributed by atoms with Crippen LogP contribution in [0, 0.1) is 12.8 Å². The first-order valence-corrected chi connectivity index (χ1v) is 11.0. The SMILES string of the molecule is Cc1ccc(N2NC3c4cc(C(=O)NCCc5ccccc5)ccc4NCC3C2=O)cc1. The average molecular weight is 427 g/mol. The Balaban J connectivity index is 1.32. The number of rotatable bonds is 5. The maximum absolute atomic E-state index is 13.1. The zero-order valence-corrected chi connectivity index (χ0v) is 18.0. The Kier molecular flexibility index (Phi) is 5.37. The van der Waals surface area contributed by atoms with Crippen LogP contribution in [-0.2, 0) is 11.2 Å². The van der Waals surface area contributed by atoms with Crippen LogP contribution in [0.15, 0.2) is 72.8 Å². The number of hydrogen-bond donors (Lipinski definition) is 3. The molecule has 3 aromatic carbocycles. The second kappa shape index (κ2) is 8.48. The number of hydrazine groups is 1. The molecule has 3 N–H and O–H groups in total. The van der Waals surface area contributed by atoms with Crippen LogP contribution in [0.25, 0.3) is 0 Å². The first-order chi connectivity index (χ1) is 15.6. The maximum Gasteiger partial charge on any atom is 0.251 e. The number of benzene rings is 3. The lowest BCUT2D eigenvalue weighted by atomic mass is 9.88. The van der Waals surface area contributed by atoms with Gasteiger partial charge in [-0.3, -0.25) is 9.59 Å². The molecular formula is C26H26N4O2. The van der Waals surface area contributed by atoms with Gasteiger partial charge in [0.2, 0.25) is 5.91 Å². The van der Waals surface area contributed by atoms with Crippen LogP contribution in [0.1, 0.15) is 33.1 Å². The van der Waals surface area contributed by atoms with Crippen molar-refractivity contribution in [3.05, 3.63) is 95.1 Å². The van der Waals surface area contributed by atoms with Crippen LogP contribution >= 0.6 is 0 Å². The van der Waals surface area contributed by atoms with Crippen LogP contribution in [0.2, 0.25) is 0 Å². The molecule has 5 rings (SSSR count). The van der Waals surface area contributed by atoms with E-state index in [4.69, 9.17) is 0 Å². The van der Waals surface area contributed by atoms with Gasteiger partial charge in [0.15, 0.2) is 0 Å². The van der Waals surface area contributed by atoms with E-state index in [9.17, 15) is 9.59 Å². The molecule has 2 atom stereocenters. The number of hydrogen-bond acceptors (Lipinski definition) is 4. The molecule has 2 aliphatic rings. The highest BCUT2D eigenvalue weighted by Crippen LogP contribution is 2.39. The molecule has 0 aromatic heterocycles. The quantitative estimate of drug-likeness (QED) is 0.583. The lowest BCUT2D eigenvalue weighted by Gasteiger charge is -2.27. The molecule has 2 amide bonds. The number of carbonyl (C=O) groups is 2. The minimum absolute atomic E-state index is 0.0368. The molecule has 0 saturated carbocycles. The Morgan fingerprint density at radius 1 is 1.06 bits per heavy atom. The Hall–Kier alpha value is -3.64. The largest absolute Gasteiger partial charge is 0.384 e. The highest BCUT2D eigenvalue weighted by atomic mass is 16.2. The van der Waals surface area contributed by atoms with E-state index < -0.39 is 0 Å². The third-order valence-corrected chi connectivity index (χ3v) is 6.20. The van der Waals surface area contributed by atoms with Gasteiger partial charge in [-0.25, -0.2) is 10.4 Å². The minimum Gasteiger partial charge on any atom is -0.384 e. The first kappa shape index (κ1) is 20.3. The molecule has 6 heteroatoms. The molecule has 3 aromatic rings. The van der Waals surface area contributed by atoms with Crippen molar-refractivity contribution in [2.24, 2.45) is 5.92 Å². The number of fused-ring (bicyclic) bond motifs is 3. The Labute approximate surface area is 187 Å². The highest BCUT2D eigenvalue weighted by Gasteiger charge is 2.44. The number of carbonyl (C=O) groups excluding carboxylic acids is 2. The van der Waals surface area contributed by atoms with E-state index in [2.05, 4.69) is 28.2 Å². The molecule has 162 valence electrons. The molecule has 32 heavy (non-hydrogen) atoms. The third-order valence-electron chi connectivity index (χ3n) is 6.20. The van der Waals surface area contributed by atoms with Crippen LogP contribution < -0.4 is 21.1 Å². The van der Waals surface area contributed by atoms with Gasteiger partial charge in [-0.1, -0.05) is 48.0 Å². The fourth-order valence-corrected chi connectivity index (χ4v) is 4.40. The summed E-state index contributed by atoms with van der Waals surface area (Å²) in [7, 11) is 0. The molecular weight excluding hydrogens is 400 g/mol. The minimum atomic E-state index is -0.222. The molecule has 0 radical (unpaired) electrons. The Morgan fingerprint density at radius 2 is 1.84 bits per heavy atom. The second-order valence-corrected chi connectivity index (χ2v) is 8.40.